The molecule has 1 heterocycles. The van der Waals surface area contributed by atoms with E-state index in [4.69, 9.17) is 5.11 Å². The van der Waals surface area contributed by atoms with Gasteiger partial charge in [0, 0.05) is 38.8 Å². The second-order valence-corrected chi connectivity index (χ2v) is 4.24. The Morgan fingerprint density at radius 2 is 1.79 bits per heavy atom. The number of nitrogens with zero attached hydrogens (tertiary/aromatic N) is 2. The van der Waals surface area contributed by atoms with Crippen LogP contribution in [0.5, 0.6) is 0 Å². The summed E-state index contributed by atoms with van der Waals surface area (Å²) in [4.78, 5) is 4.53. The van der Waals surface area contributed by atoms with E-state index in [2.05, 4.69) is 23.6 Å². The summed E-state index contributed by atoms with van der Waals surface area (Å²) in [5.74, 6) is 0. The Morgan fingerprint density at radius 3 is 2.21 bits per heavy atom. The normalized spacial score (nSPS) is 22.9. The Morgan fingerprint density at radius 1 is 1.21 bits per heavy atom. The Hall–Kier alpha value is -0.190. The van der Waals surface area contributed by atoms with E-state index in [1.165, 1.54) is 0 Å². The monoisotopic (exact) mass is 204 g/mol. The standard InChI is InChI=1S/C10H21FN2O/c1-9(2)13-5-3-12(4-6-13)8-10(14)7-11/h9-10,14H,3-8H2,1-2H3. The zero-order chi connectivity index (χ0) is 10.6. The fraction of sp³-hybridized carbons (Fsp3) is 1.00. The van der Waals surface area contributed by atoms with Gasteiger partial charge in [-0.1, -0.05) is 0 Å². The molecule has 0 spiro atoms. The minimum Gasteiger partial charge on any atom is -0.389 e. The lowest BCUT2D eigenvalue weighted by Crippen LogP contribution is -2.50. The van der Waals surface area contributed by atoms with Crippen molar-refractivity contribution in [2.45, 2.75) is 26.0 Å². The molecule has 1 fully saturated rings. The molecule has 0 radical (unpaired) electrons. The maximum atomic E-state index is 12.1. The summed E-state index contributed by atoms with van der Waals surface area (Å²) in [6, 6.07) is 0.586. The van der Waals surface area contributed by atoms with Gasteiger partial charge in [-0.25, -0.2) is 4.39 Å². The average Bonchev–Trinajstić information content (AvgIpc) is 2.18. The van der Waals surface area contributed by atoms with Gasteiger partial charge in [0.25, 0.3) is 0 Å². The SMILES string of the molecule is CC(C)N1CCN(CC(O)CF)CC1. The predicted octanol–water partition coefficient (Wildman–Crippen LogP) is 0.343. The number of hydrogen-bond donors (Lipinski definition) is 1. The minimum atomic E-state index is -0.805. The van der Waals surface area contributed by atoms with E-state index in [0.717, 1.165) is 26.2 Å². The van der Waals surface area contributed by atoms with Crippen LogP contribution in [0.3, 0.4) is 0 Å². The molecule has 1 rings (SSSR count). The third-order valence-electron chi connectivity index (χ3n) is 2.78. The Balaban J connectivity index is 2.22. The van der Waals surface area contributed by atoms with Crippen LogP contribution >= 0.6 is 0 Å². The number of aliphatic hydroxyl groups excluding tert-OH is 1. The van der Waals surface area contributed by atoms with E-state index in [-0.39, 0.29) is 0 Å². The molecule has 0 aliphatic carbocycles. The molecular formula is C10H21FN2O. The van der Waals surface area contributed by atoms with Crippen molar-refractivity contribution in [2.75, 3.05) is 39.4 Å². The van der Waals surface area contributed by atoms with Gasteiger partial charge < -0.3 is 5.11 Å². The first-order valence-electron chi connectivity index (χ1n) is 5.34. The largest absolute Gasteiger partial charge is 0.389 e. The van der Waals surface area contributed by atoms with Crippen molar-refractivity contribution in [3.63, 3.8) is 0 Å². The van der Waals surface area contributed by atoms with Gasteiger partial charge in [0.15, 0.2) is 0 Å². The van der Waals surface area contributed by atoms with Gasteiger partial charge in [-0.05, 0) is 13.8 Å². The first-order valence-corrected chi connectivity index (χ1v) is 5.34. The molecule has 1 saturated heterocycles. The lowest BCUT2D eigenvalue weighted by molar-refractivity contribution is 0.0517. The molecule has 3 nitrogen and oxygen atoms in total. The number of aliphatic hydroxyl groups is 1. The summed E-state index contributed by atoms with van der Waals surface area (Å²) in [5, 5.41) is 9.15. The molecule has 0 saturated carbocycles. The van der Waals surface area contributed by atoms with Crippen LogP contribution in [0, 0.1) is 0 Å². The molecule has 1 unspecified atom stereocenters. The van der Waals surface area contributed by atoms with E-state index in [9.17, 15) is 4.39 Å². The van der Waals surface area contributed by atoms with Crippen LogP contribution in [0.1, 0.15) is 13.8 Å². The van der Waals surface area contributed by atoms with Crippen molar-refractivity contribution >= 4 is 0 Å². The quantitative estimate of drug-likeness (QED) is 0.715. The summed E-state index contributed by atoms with van der Waals surface area (Å²) in [5.41, 5.74) is 0. The molecular weight excluding hydrogens is 183 g/mol. The molecule has 0 aromatic carbocycles. The van der Waals surface area contributed by atoms with E-state index in [1.54, 1.807) is 0 Å². The molecule has 0 bridgehead atoms. The number of hydrogen-bond acceptors (Lipinski definition) is 3. The average molecular weight is 204 g/mol. The molecule has 14 heavy (non-hydrogen) atoms. The summed E-state index contributed by atoms with van der Waals surface area (Å²) in [6.45, 7) is 8.14. The van der Waals surface area contributed by atoms with Crippen molar-refractivity contribution in [2.24, 2.45) is 0 Å². The second-order valence-electron chi connectivity index (χ2n) is 4.24. The molecule has 1 N–H and O–H groups in total. The number of alkyl halides is 1. The number of rotatable bonds is 4. The first kappa shape index (κ1) is 11.9. The van der Waals surface area contributed by atoms with Crippen LogP contribution in [0.15, 0.2) is 0 Å². The van der Waals surface area contributed by atoms with E-state index < -0.39 is 12.8 Å². The summed E-state index contributed by atoms with van der Waals surface area (Å²) in [6.07, 6.45) is -0.805. The Labute approximate surface area is 85.5 Å². The van der Waals surface area contributed by atoms with Crippen molar-refractivity contribution in [1.82, 2.24) is 9.80 Å². The molecule has 0 amide bonds. The van der Waals surface area contributed by atoms with Crippen molar-refractivity contribution in [3.8, 4) is 0 Å². The van der Waals surface area contributed by atoms with Crippen LogP contribution in [0.4, 0.5) is 4.39 Å². The first-order chi connectivity index (χ1) is 6.63. The molecule has 0 aromatic heterocycles. The van der Waals surface area contributed by atoms with Gasteiger partial charge in [0.2, 0.25) is 0 Å². The molecule has 4 heteroatoms. The van der Waals surface area contributed by atoms with Gasteiger partial charge in [0.05, 0.1) is 6.10 Å². The van der Waals surface area contributed by atoms with Crippen LogP contribution in [0.25, 0.3) is 0 Å². The summed E-state index contributed by atoms with van der Waals surface area (Å²) in [7, 11) is 0. The zero-order valence-electron chi connectivity index (χ0n) is 9.12. The fourth-order valence-corrected chi connectivity index (χ4v) is 1.81. The predicted molar refractivity (Wildman–Crippen MR) is 55.1 cm³/mol. The van der Waals surface area contributed by atoms with Gasteiger partial charge in [-0.3, -0.25) is 9.80 Å². The summed E-state index contributed by atoms with van der Waals surface area (Å²) >= 11 is 0. The number of piperazine rings is 1. The third-order valence-corrected chi connectivity index (χ3v) is 2.78. The molecule has 1 aliphatic rings. The second kappa shape index (κ2) is 5.63. The Kier molecular flexibility index (Phi) is 4.78. The zero-order valence-corrected chi connectivity index (χ0v) is 9.12. The highest BCUT2D eigenvalue weighted by atomic mass is 19.1. The summed E-state index contributed by atoms with van der Waals surface area (Å²) < 4.78 is 12.1. The highest BCUT2D eigenvalue weighted by molar-refractivity contribution is 4.75. The molecule has 0 aromatic rings. The van der Waals surface area contributed by atoms with Crippen LogP contribution < -0.4 is 0 Å². The number of β-amino-alcohol motifs (C(OH)–C–C–N with tert-alkyl or cyclic N) is 1. The smallest absolute Gasteiger partial charge is 0.117 e. The van der Waals surface area contributed by atoms with Gasteiger partial charge in [0.1, 0.15) is 6.67 Å². The van der Waals surface area contributed by atoms with Crippen LogP contribution in [-0.4, -0.2) is 66.5 Å². The van der Waals surface area contributed by atoms with Gasteiger partial charge >= 0.3 is 0 Å². The third kappa shape index (κ3) is 3.52. The highest BCUT2D eigenvalue weighted by Crippen LogP contribution is 2.06. The van der Waals surface area contributed by atoms with E-state index in [0.29, 0.717) is 12.6 Å². The molecule has 84 valence electrons. The van der Waals surface area contributed by atoms with Crippen molar-refractivity contribution in [1.29, 1.82) is 0 Å². The Bertz CT molecular complexity index is 158. The van der Waals surface area contributed by atoms with E-state index in [1.807, 2.05) is 0 Å². The fourth-order valence-electron chi connectivity index (χ4n) is 1.81. The number of halogens is 1. The maximum Gasteiger partial charge on any atom is 0.117 e. The molecule has 1 aliphatic heterocycles. The van der Waals surface area contributed by atoms with Crippen LogP contribution in [-0.2, 0) is 0 Å². The minimum absolute atomic E-state index is 0.475. The van der Waals surface area contributed by atoms with Gasteiger partial charge in [-0.2, -0.15) is 0 Å². The van der Waals surface area contributed by atoms with Crippen molar-refractivity contribution < 1.29 is 9.50 Å². The van der Waals surface area contributed by atoms with Crippen molar-refractivity contribution in [3.05, 3.63) is 0 Å². The highest BCUT2D eigenvalue weighted by Gasteiger charge is 2.20. The lowest BCUT2D eigenvalue weighted by atomic mass is 10.2. The molecule has 1 atom stereocenters. The van der Waals surface area contributed by atoms with Gasteiger partial charge in [-0.15, -0.1) is 0 Å². The maximum absolute atomic E-state index is 12.1. The van der Waals surface area contributed by atoms with Crippen LogP contribution in [0.2, 0.25) is 0 Å². The van der Waals surface area contributed by atoms with E-state index >= 15 is 0 Å². The topological polar surface area (TPSA) is 26.7 Å². The lowest BCUT2D eigenvalue weighted by Gasteiger charge is -2.37.